The molecule has 150 valence electrons. The molecule has 3 aromatic rings. The number of nitrogens with zero attached hydrogens (tertiary/aromatic N) is 3. The molecule has 7 nitrogen and oxygen atoms in total. The highest BCUT2D eigenvalue weighted by Crippen LogP contribution is 2.27. The molecule has 0 aliphatic carbocycles. The Labute approximate surface area is 164 Å². The summed E-state index contributed by atoms with van der Waals surface area (Å²) in [6, 6.07) is 5.36. The second kappa shape index (κ2) is 7.79. The van der Waals surface area contributed by atoms with Crippen molar-refractivity contribution < 1.29 is 18.0 Å². The molecule has 0 aromatic carbocycles. The third-order valence-electron chi connectivity index (χ3n) is 4.51. The second-order valence-electron chi connectivity index (χ2n) is 6.56. The Morgan fingerprint density at radius 1 is 1.38 bits per heavy atom. The molecule has 3 heterocycles. The van der Waals surface area contributed by atoms with Crippen LogP contribution < -0.4 is 5.32 Å². The molecule has 0 aliphatic heterocycles. The Morgan fingerprint density at radius 3 is 2.72 bits per heavy atom. The molecular weight excluding hydrogens is 385 g/mol. The number of pyridine rings is 1. The number of carbonyl (C=O) groups excluding carboxylic acids is 1. The molecule has 0 bridgehead atoms. The minimum absolute atomic E-state index is 0.226. The molecule has 0 fully saturated rings. The fraction of sp³-hybridized carbons (Fsp3) is 0.263. The molecule has 0 saturated heterocycles. The zero-order valence-electron chi connectivity index (χ0n) is 15.6. The van der Waals surface area contributed by atoms with Crippen LogP contribution in [0, 0.1) is 18.3 Å². The number of amides is 1. The largest absolute Gasteiger partial charge is 0.433 e. The van der Waals surface area contributed by atoms with Crippen molar-refractivity contribution in [2.24, 2.45) is 0 Å². The summed E-state index contributed by atoms with van der Waals surface area (Å²) in [5, 5.41) is 18.1. The van der Waals surface area contributed by atoms with Crippen LogP contribution in [0.15, 0.2) is 30.6 Å². The van der Waals surface area contributed by atoms with Gasteiger partial charge in [-0.3, -0.25) is 14.9 Å². The number of H-pyrrole nitrogens is 2. The number of aromatic amines is 2. The molecule has 3 rings (SSSR count). The fourth-order valence-corrected chi connectivity index (χ4v) is 2.83. The van der Waals surface area contributed by atoms with Gasteiger partial charge in [0.25, 0.3) is 5.91 Å². The Hall–Kier alpha value is -3.61. The Kier molecular flexibility index (Phi) is 5.41. The van der Waals surface area contributed by atoms with Gasteiger partial charge in [-0.15, -0.1) is 0 Å². The summed E-state index contributed by atoms with van der Waals surface area (Å²) in [6.07, 6.45) is -1.31. The van der Waals surface area contributed by atoms with Crippen LogP contribution in [0.25, 0.3) is 0 Å². The van der Waals surface area contributed by atoms with E-state index in [1.165, 1.54) is 12.3 Å². The van der Waals surface area contributed by atoms with Crippen LogP contribution in [0.2, 0.25) is 0 Å². The molecule has 3 N–H and O–H groups in total. The van der Waals surface area contributed by atoms with Gasteiger partial charge in [0.1, 0.15) is 17.5 Å². The van der Waals surface area contributed by atoms with Gasteiger partial charge in [0.15, 0.2) is 5.69 Å². The highest BCUT2D eigenvalue weighted by molar-refractivity contribution is 5.94. The van der Waals surface area contributed by atoms with E-state index in [0.29, 0.717) is 28.9 Å². The van der Waals surface area contributed by atoms with Crippen molar-refractivity contribution in [3.8, 4) is 6.07 Å². The lowest BCUT2D eigenvalue weighted by Gasteiger charge is -2.12. The first kappa shape index (κ1) is 20.1. The van der Waals surface area contributed by atoms with E-state index >= 15 is 0 Å². The third-order valence-corrected chi connectivity index (χ3v) is 4.51. The van der Waals surface area contributed by atoms with E-state index in [2.05, 4.69) is 25.5 Å². The summed E-state index contributed by atoms with van der Waals surface area (Å²) < 4.78 is 37.9. The Bertz CT molecular complexity index is 1060. The summed E-state index contributed by atoms with van der Waals surface area (Å²) in [5.41, 5.74) is 2.29. The molecule has 0 spiro atoms. The first-order valence-corrected chi connectivity index (χ1v) is 8.64. The monoisotopic (exact) mass is 402 g/mol. The van der Waals surface area contributed by atoms with E-state index in [1.54, 1.807) is 26.1 Å². The second-order valence-corrected chi connectivity index (χ2v) is 6.56. The predicted octanol–water partition coefficient (Wildman–Crippen LogP) is 3.41. The van der Waals surface area contributed by atoms with Gasteiger partial charge in [-0.05, 0) is 42.7 Å². The topological polar surface area (TPSA) is 110 Å². The number of halogens is 3. The zero-order chi connectivity index (χ0) is 21.2. The third kappa shape index (κ3) is 4.45. The molecule has 0 radical (unpaired) electrons. The molecule has 10 heteroatoms. The Morgan fingerprint density at radius 2 is 2.14 bits per heavy atom. The van der Waals surface area contributed by atoms with E-state index in [1.807, 2.05) is 6.07 Å². The Balaban J connectivity index is 1.70. The van der Waals surface area contributed by atoms with E-state index in [-0.39, 0.29) is 11.6 Å². The number of hydrogen-bond acceptors (Lipinski definition) is 4. The van der Waals surface area contributed by atoms with Crippen molar-refractivity contribution in [3.63, 3.8) is 0 Å². The quantitative estimate of drug-likeness (QED) is 0.607. The smallest absolute Gasteiger partial charge is 0.357 e. The highest BCUT2D eigenvalue weighted by Gasteiger charge is 2.32. The first-order chi connectivity index (χ1) is 13.7. The minimum atomic E-state index is -4.48. The number of hydrogen-bond donors (Lipinski definition) is 3. The molecular formula is C19H17F3N6O. The van der Waals surface area contributed by atoms with Gasteiger partial charge in [0.2, 0.25) is 0 Å². The van der Waals surface area contributed by atoms with Gasteiger partial charge in [-0.1, -0.05) is 6.07 Å². The maximum Gasteiger partial charge on any atom is 0.433 e. The summed E-state index contributed by atoms with van der Waals surface area (Å²) in [7, 11) is 0. The number of nitriles is 1. The van der Waals surface area contributed by atoms with Crippen LogP contribution in [0.4, 0.5) is 13.2 Å². The summed E-state index contributed by atoms with van der Waals surface area (Å²) in [5.74, 6) is -0.347. The number of nitrogens with one attached hydrogen (secondary N) is 3. The van der Waals surface area contributed by atoms with Crippen LogP contribution in [-0.4, -0.2) is 26.1 Å². The highest BCUT2D eigenvalue weighted by atomic mass is 19.4. The molecule has 1 atom stereocenters. The van der Waals surface area contributed by atoms with E-state index < -0.39 is 17.9 Å². The molecule has 1 amide bonds. The minimum Gasteiger partial charge on any atom is -0.357 e. The van der Waals surface area contributed by atoms with Gasteiger partial charge in [0, 0.05) is 18.8 Å². The van der Waals surface area contributed by atoms with Crippen molar-refractivity contribution in [3.05, 3.63) is 70.1 Å². The maximum atomic E-state index is 12.6. The van der Waals surface area contributed by atoms with Crippen molar-refractivity contribution >= 4 is 5.91 Å². The van der Waals surface area contributed by atoms with Crippen LogP contribution in [0.5, 0.6) is 0 Å². The van der Waals surface area contributed by atoms with E-state index in [9.17, 15) is 18.0 Å². The molecule has 3 aromatic heterocycles. The SMILES string of the molecule is Cc1c(Cc2ccc(C(F)(F)F)nc2)c[nH]c1C(=O)NC(C)c1cc(C#N)n[nH]1. The van der Waals surface area contributed by atoms with Crippen molar-refractivity contribution in [1.82, 2.24) is 25.5 Å². The predicted molar refractivity (Wildman–Crippen MR) is 96.8 cm³/mol. The standard InChI is InChI=1S/C19H17F3N6O/c1-10-13(5-12-3-4-16(24-8-12)19(20,21)22)9-25-17(10)18(29)26-11(2)15-6-14(7-23)27-28-15/h3-4,6,8-9,11,25H,5H2,1-2H3,(H,26,29)(H,27,28). The van der Waals surface area contributed by atoms with E-state index in [0.717, 1.165) is 11.6 Å². The average Bonchev–Trinajstić information content (AvgIpc) is 3.29. The zero-order valence-corrected chi connectivity index (χ0v) is 15.6. The molecule has 0 aliphatic rings. The van der Waals surface area contributed by atoms with Gasteiger partial charge in [-0.2, -0.15) is 23.5 Å². The van der Waals surface area contributed by atoms with Gasteiger partial charge < -0.3 is 10.3 Å². The van der Waals surface area contributed by atoms with Crippen molar-refractivity contribution in [1.29, 1.82) is 5.26 Å². The van der Waals surface area contributed by atoms with E-state index in [4.69, 9.17) is 5.26 Å². The normalized spacial score (nSPS) is 12.4. The molecule has 29 heavy (non-hydrogen) atoms. The van der Waals surface area contributed by atoms with Crippen LogP contribution in [0.3, 0.4) is 0 Å². The fourth-order valence-electron chi connectivity index (χ4n) is 2.83. The molecule has 0 saturated carbocycles. The van der Waals surface area contributed by atoms with Gasteiger partial charge in [0.05, 0.1) is 11.7 Å². The lowest BCUT2D eigenvalue weighted by atomic mass is 10.0. The van der Waals surface area contributed by atoms with Crippen molar-refractivity contribution in [2.45, 2.75) is 32.5 Å². The van der Waals surface area contributed by atoms with Crippen LogP contribution >= 0.6 is 0 Å². The van der Waals surface area contributed by atoms with Gasteiger partial charge in [-0.25, -0.2) is 0 Å². The summed E-state index contributed by atoms with van der Waals surface area (Å²) >= 11 is 0. The number of alkyl halides is 3. The average molecular weight is 402 g/mol. The van der Waals surface area contributed by atoms with Crippen LogP contribution in [0.1, 0.15) is 57.2 Å². The number of rotatable bonds is 5. The van der Waals surface area contributed by atoms with Crippen LogP contribution in [-0.2, 0) is 12.6 Å². The summed E-state index contributed by atoms with van der Waals surface area (Å²) in [6.45, 7) is 3.51. The lowest BCUT2D eigenvalue weighted by Crippen LogP contribution is -2.27. The van der Waals surface area contributed by atoms with Gasteiger partial charge >= 0.3 is 6.18 Å². The maximum absolute atomic E-state index is 12.6. The van der Waals surface area contributed by atoms with Crippen molar-refractivity contribution in [2.75, 3.05) is 0 Å². The summed E-state index contributed by atoms with van der Waals surface area (Å²) in [4.78, 5) is 18.9. The lowest BCUT2D eigenvalue weighted by molar-refractivity contribution is -0.141. The number of carbonyl (C=O) groups is 1. The first-order valence-electron chi connectivity index (χ1n) is 8.64. The molecule has 1 unspecified atom stereocenters. The number of aromatic nitrogens is 4.